The molecule has 0 saturated heterocycles. The number of alkyl halides is 1. The van der Waals surface area contributed by atoms with Crippen LogP contribution in [0.15, 0.2) is 11.1 Å². The van der Waals surface area contributed by atoms with Gasteiger partial charge in [0.25, 0.3) is 0 Å². The minimum atomic E-state index is -0.0949. The summed E-state index contributed by atoms with van der Waals surface area (Å²) >= 11 is 5.47. The summed E-state index contributed by atoms with van der Waals surface area (Å²) in [6.45, 7) is 4.60. The van der Waals surface area contributed by atoms with E-state index in [9.17, 15) is 4.79 Å². The molecule has 0 bridgehead atoms. The first kappa shape index (κ1) is 12.6. The first-order valence-corrected chi connectivity index (χ1v) is 6.24. The van der Waals surface area contributed by atoms with Gasteiger partial charge in [-0.05, 0) is 12.8 Å². The van der Waals surface area contributed by atoms with Gasteiger partial charge in [-0.3, -0.25) is 4.79 Å². The van der Waals surface area contributed by atoms with E-state index in [0.29, 0.717) is 12.5 Å². The molecular formula is C12H19ClO2. The van der Waals surface area contributed by atoms with E-state index in [1.54, 1.807) is 0 Å². The molecule has 0 aromatic rings. The second-order valence-corrected chi connectivity index (χ2v) is 4.22. The van der Waals surface area contributed by atoms with Crippen LogP contribution in [0.3, 0.4) is 0 Å². The maximum atomic E-state index is 11.6. The fraction of sp³-hybridized carbons (Fsp3) is 0.750. The second kappa shape index (κ2) is 6.16. The first-order chi connectivity index (χ1) is 7.26. The van der Waals surface area contributed by atoms with Crippen LogP contribution in [0.2, 0.25) is 0 Å². The van der Waals surface area contributed by atoms with Crippen molar-refractivity contribution in [2.75, 3.05) is 12.5 Å². The van der Waals surface area contributed by atoms with Gasteiger partial charge < -0.3 is 4.74 Å². The molecule has 1 rings (SSSR count). The van der Waals surface area contributed by atoms with Gasteiger partial charge in [-0.15, -0.1) is 11.6 Å². The van der Waals surface area contributed by atoms with Crippen molar-refractivity contribution in [1.82, 2.24) is 0 Å². The van der Waals surface area contributed by atoms with E-state index < -0.39 is 0 Å². The van der Waals surface area contributed by atoms with E-state index >= 15 is 0 Å². The summed E-state index contributed by atoms with van der Waals surface area (Å²) in [5.41, 5.74) is 2.64. The largest absolute Gasteiger partial charge is 0.464 e. The topological polar surface area (TPSA) is 26.3 Å². The number of hydrogen-bond acceptors (Lipinski definition) is 2. The molecule has 1 aliphatic rings. The Morgan fingerprint density at radius 2 is 1.80 bits per heavy atom. The number of ether oxygens (including phenoxy) is 1. The SMILES string of the molecule is CCCC1=C(CCC)C1C(=O)OCCCl. The molecule has 1 aliphatic carbocycles. The lowest BCUT2D eigenvalue weighted by atomic mass is 10.2. The zero-order chi connectivity index (χ0) is 11.3. The van der Waals surface area contributed by atoms with Crippen LogP contribution < -0.4 is 0 Å². The van der Waals surface area contributed by atoms with Crippen molar-refractivity contribution in [3.05, 3.63) is 11.1 Å². The van der Waals surface area contributed by atoms with Crippen LogP contribution in [0.4, 0.5) is 0 Å². The van der Waals surface area contributed by atoms with Gasteiger partial charge in [-0.25, -0.2) is 0 Å². The quantitative estimate of drug-likeness (QED) is 0.381. The number of rotatable bonds is 7. The van der Waals surface area contributed by atoms with E-state index in [2.05, 4.69) is 13.8 Å². The molecule has 0 atom stereocenters. The number of hydrogen-bond donors (Lipinski definition) is 0. The Kier molecular flexibility index (Phi) is 5.16. The van der Waals surface area contributed by atoms with Crippen LogP contribution in [0.25, 0.3) is 0 Å². The normalized spacial score (nSPS) is 15.7. The average molecular weight is 231 g/mol. The van der Waals surface area contributed by atoms with Crippen molar-refractivity contribution in [3.8, 4) is 0 Å². The Hall–Kier alpha value is -0.500. The minimum absolute atomic E-state index is 0.00752. The molecular weight excluding hydrogens is 212 g/mol. The van der Waals surface area contributed by atoms with Crippen molar-refractivity contribution in [3.63, 3.8) is 0 Å². The standard InChI is InChI=1S/C12H19ClO2/c1-3-5-9-10(6-4-2)11(9)12(14)15-8-7-13/h11H,3-8H2,1-2H3. The van der Waals surface area contributed by atoms with E-state index in [4.69, 9.17) is 16.3 Å². The Morgan fingerprint density at radius 1 is 1.27 bits per heavy atom. The Labute approximate surface area is 96.6 Å². The molecule has 0 amide bonds. The predicted octanol–water partition coefficient (Wildman–Crippen LogP) is 3.30. The summed E-state index contributed by atoms with van der Waals surface area (Å²) in [6, 6.07) is 0. The highest BCUT2D eigenvalue weighted by atomic mass is 35.5. The summed E-state index contributed by atoms with van der Waals surface area (Å²) in [5, 5.41) is 0. The van der Waals surface area contributed by atoms with Crippen molar-refractivity contribution >= 4 is 17.6 Å². The van der Waals surface area contributed by atoms with Crippen molar-refractivity contribution in [1.29, 1.82) is 0 Å². The molecule has 0 saturated carbocycles. The third kappa shape index (κ3) is 3.23. The zero-order valence-corrected chi connectivity index (χ0v) is 10.3. The van der Waals surface area contributed by atoms with Gasteiger partial charge in [0.2, 0.25) is 0 Å². The van der Waals surface area contributed by atoms with Crippen LogP contribution in [0, 0.1) is 5.92 Å². The maximum Gasteiger partial charge on any atom is 0.317 e. The van der Waals surface area contributed by atoms with Crippen LogP contribution in [-0.2, 0) is 9.53 Å². The summed E-state index contributed by atoms with van der Waals surface area (Å²) < 4.78 is 5.06. The van der Waals surface area contributed by atoms with E-state index in [1.807, 2.05) is 0 Å². The lowest BCUT2D eigenvalue weighted by Crippen LogP contribution is -2.11. The fourth-order valence-corrected chi connectivity index (χ4v) is 2.05. The average Bonchev–Trinajstić information content (AvgIpc) is 2.89. The number of esters is 1. The molecule has 0 N–H and O–H groups in total. The van der Waals surface area contributed by atoms with Gasteiger partial charge in [0.05, 0.1) is 11.8 Å². The lowest BCUT2D eigenvalue weighted by molar-refractivity contribution is -0.144. The molecule has 0 unspecified atom stereocenters. The van der Waals surface area contributed by atoms with E-state index in [0.717, 1.165) is 25.7 Å². The molecule has 3 heteroatoms. The van der Waals surface area contributed by atoms with Gasteiger partial charge in [0.15, 0.2) is 0 Å². The van der Waals surface area contributed by atoms with Crippen LogP contribution in [0.1, 0.15) is 39.5 Å². The fourth-order valence-electron chi connectivity index (χ4n) is 1.97. The Morgan fingerprint density at radius 3 is 2.20 bits per heavy atom. The third-order valence-electron chi connectivity index (χ3n) is 2.62. The van der Waals surface area contributed by atoms with Gasteiger partial charge in [0, 0.05) is 0 Å². The van der Waals surface area contributed by atoms with Crippen LogP contribution in [-0.4, -0.2) is 18.5 Å². The van der Waals surface area contributed by atoms with Gasteiger partial charge in [-0.1, -0.05) is 37.8 Å². The lowest BCUT2D eigenvalue weighted by Gasteiger charge is -2.02. The summed E-state index contributed by atoms with van der Waals surface area (Å²) in [4.78, 5) is 11.6. The molecule has 2 nitrogen and oxygen atoms in total. The van der Waals surface area contributed by atoms with Gasteiger partial charge in [0.1, 0.15) is 6.61 Å². The highest BCUT2D eigenvalue weighted by molar-refractivity contribution is 6.18. The molecule has 0 spiro atoms. The number of carbonyl (C=O) groups excluding carboxylic acids is 1. The van der Waals surface area contributed by atoms with Crippen LogP contribution >= 0.6 is 11.6 Å². The predicted molar refractivity (Wildman–Crippen MR) is 62.0 cm³/mol. The summed E-state index contributed by atoms with van der Waals surface area (Å²) in [7, 11) is 0. The smallest absolute Gasteiger partial charge is 0.317 e. The second-order valence-electron chi connectivity index (χ2n) is 3.84. The highest BCUT2D eigenvalue weighted by Gasteiger charge is 2.41. The molecule has 15 heavy (non-hydrogen) atoms. The summed E-state index contributed by atoms with van der Waals surface area (Å²) in [5.74, 6) is 0.292. The van der Waals surface area contributed by atoms with Crippen molar-refractivity contribution < 1.29 is 9.53 Å². The minimum Gasteiger partial charge on any atom is -0.464 e. The van der Waals surface area contributed by atoms with Gasteiger partial charge in [-0.2, -0.15) is 0 Å². The number of halogens is 1. The zero-order valence-electron chi connectivity index (χ0n) is 9.51. The highest BCUT2D eigenvalue weighted by Crippen LogP contribution is 2.45. The Balaban J connectivity index is 2.41. The molecule has 0 heterocycles. The monoisotopic (exact) mass is 230 g/mol. The maximum absolute atomic E-state index is 11.6. The van der Waals surface area contributed by atoms with E-state index in [1.165, 1.54) is 11.1 Å². The van der Waals surface area contributed by atoms with E-state index in [-0.39, 0.29) is 11.9 Å². The molecule has 0 aliphatic heterocycles. The van der Waals surface area contributed by atoms with Crippen molar-refractivity contribution in [2.24, 2.45) is 5.92 Å². The Bertz CT molecular complexity index is 242. The molecule has 0 aromatic carbocycles. The molecule has 0 aromatic heterocycles. The van der Waals surface area contributed by atoms with Crippen LogP contribution in [0.5, 0.6) is 0 Å². The van der Waals surface area contributed by atoms with Crippen molar-refractivity contribution in [2.45, 2.75) is 39.5 Å². The first-order valence-electron chi connectivity index (χ1n) is 5.70. The molecule has 0 fully saturated rings. The third-order valence-corrected chi connectivity index (χ3v) is 2.78. The molecule has 0 radical (unpaired) electrons. The molecule has 86 valence electrons. The number of carbonyl (C=O) groups is 1. The summed E-state index contributed by atoms with van der Waals surface area (Å²) in [6.07, 6.45) is 4.27. The van der Waals surface area contributed by atoms with Gasteiger partial charge >= 0.3 is 5.97 Å².